The van der Waals surface area contributed by atoms with Crippen LogP contribution in [-0.2, 0) is 9.59 Å². The molecule has 2 atom stereocenters. The highest BCUT2D eigenvalue weighted by molar-refractivity contribution is 6.37. The van der Waals surface area contributed by atoms with E-state index in [1.807, 2.05) is 5.32 Å². The molecule has 6 heteroatoms. The maximum Gasteiger partial charge on any atom is 0.245 e. The van der Waals surface area contributed by atoms with Crippen molar-refractivity contribution in [3.63, 3.8) is 0 Å². The fraction of sp³-hybridized carbons (Fsp3) is 0.200. The summed E-state index contributed by atoms with van der Waals surface area (Å²) in [6.45, 7) is 0. The molecule has 1 N–H and O–H groups in total. The molecule has 1 aliphatic heterocycles. The molecule has 1 heterocycles. The van der Waals surface area contributed by atoms with Crippen molar-refractivity contribution in [2.75, 3.05) is 0 Å². The zero-order chi connectivity index (χ0) is 11.9. The van der Waals surface area contributed by atoms with Crippen LogP contribution in [0, 0.1) is 11.6 Å². The van der Waals surface area contributed by atoms with Gasteiger partial charge in [0, 0.05) is 0 Å². The summed E-state index contributed by atoms with van der Waals surface area (Å²) in [7, 11) is 0. The summed E-state index contributed by atoms with van der Waals surface area (Å²) in [6.07, 6.45) is 0. The molecule has 1 saturated heterocycles. The second-order valence-electron chi connectivity index (χ2n) is 3.41. The van der Waals surface area contributed by atoms with Gasteiger partial charge in [-0.25, -0.2) is 8.78 Å². The van der Waals surface area contributed by atoms with E-state index in [0.717, 1.165) is 12.1 Å². The summed E-state index contributed by atoms with van der Waals surface area (Å²) in [5.41, 5.74) is 0.183. The Kier molecular flexibility index (Phi) is 2.63. The number of imide groups is 1. The number of carbonyl (C=O) groups is 2. The van der Waals surface area contributed by atoms with E-state index in [9.17, 15) is 18.4 Å². The number of carbonyl (C=O) groups excluding carboxylic acids is 2. The van der Waals surface area contributed by atoms with Gasteiger partial charge in [-0.15, -0.1) is 11.6 Å². The van der Waals surface area contributed by atoms with E-state index in [0.29, 0.717) is 0 Å². The maximum absolute atomic E-state index is 12.9. The maximum atomic E-state index is 12.9. The van der Waals surface area contributed by atoms with Gasteiger partial charge in [-0.3, -0.25) is 14.9 Å². The highest BCUT2D eigenvalue weighted by Crippen LogP contribution is 2.29. The molecule has 0 saturated carbocycles. The number of alkyl halides is 1. The van der Waals surface area contributed by atoms with Crippen molar-refractivity contribution in [1.29, 1.82) is 0 Å². The highest BCUT2D eigenvalue weighted by Gasteiger charge is 2.41. The van der Waals surface area contributed by atoms with E-state index < -0.39 is 34.7 Å². The lowest BCUT2D eigenvalue weighted by Crippen LogP contribution is -2.22. The minimum Gasteiger partial charge on any atom is -0.295 e. The number of amides is 2. The molecular formula is C10H6ClF2NO2. The molecular weight excluding hydrogens is 240 g/mol. The number of hydrogen-bond donors (Lipinski definition) is 1. The Balaban J connectivity index is 2.40. The third-order valence-corrected chi connectivity index (χ3v) is 2.82. The summed E-state index contributed by atoms with van der Waals surface area (Å²) in [5, 5.41) is 0.937. The number of hydrogen-bond acceptors (Lipinski definition) is 2. The van der Waals surface area contributed by atoms with E-state index >= 15 is 0 Å². The van der Waals surface area contributed by atoms with Crippen LogP contribution in [-0.4, -0.2) is 17.2 Å². The molecule has 1 aromatic carbocycles. The Hall–Kier alpha value is -1.49. The predicted molar refractivity (Wildman–Crippen MR) is 51.9 cm³/mol. The van der Waals surface area contributed by atoms with E-state index in [-0.39, 0.29) is 5.56 Å². The summed E-state index contributed by atoms with van der Waals surface area (Å²) < 4.78 is 25.6. The fourth-order valence-electron chi connectivity index (χ4n) is 1.58. The van der Waals surface area contributed by atoms with Crippen molar-refractivity contribution in [1.82, 2.24) is 5.32 Å². The standard InChI is InChI=1S/C10H6ClF2NO2/c11-8-7(9(15)14-10(8)16)4-1-2-5(12)6(13)3-4/h1-3,7-8H,(H,14,15,16). The summed E-state index contributed by atoms with van der Waals surface area (Å²) in [5.74, 6) is -4.28. The normalized spacial score (nSPS) is 24.7. The molecule has 2 unspecified atom stereocenters. The van der Waals surface area contributed by atoms with Crippen LogP contribution < -0.4 is 5.32 Å². The number of nitrogens with one attached hydrogen (secondary N) is 1. The molecule has 0 aromatic heterocycles. The van der Waals surface area contributed by atoms with Gasteiger partial charge in [0.2, 0.25) is 11.8 Å². The van der Waals surface area contributed by atoms with E-state index in [1.165, 1.54) is 6.07 Å². The van der Waals surface area contributed by atoms with Gasteiger partial charge >= 0.3 is 0 Å². The first-order valence-corrected chi connectivity index (χ1v) is 4.88. The van der Waals surface area contributed by atoms with Crippen LogP contribution in [0.1, 0.15) is 11.5 Å². The number of halogens is 3. The lowest BCUT2D eigenvalue weighted by atomic mass is 9.97. The first-order chi connectivity index (χ1) is 7.50. The van der Waals surface area contributed by atoms with Crippen LogP contribution in [0.5, 0.6) is 0 Å². The van der Waals surface area contributed by atoms with Crippen molar-refractivity contribution in [2.45, 2.75) is 11.3 Å². The van der Waals surface area contributed by atoms with E-state index in [1.54, 1.807) is 0 Å². The van der Waals surface area contributed by atoms with Gasteiger partial charge in [-0.2, -0.15) is 0 Å². The van der Waals surface area contributed by atoms with Crippen LogP contribution in [0.2, 0.25) is 0 Å². The van der Waals surface area contributed by atoms with E-state index in [2.05, 4.69) is 0 Å². The molecule has 84 valence electrons. The molecule has 2 rings (SSSR count). The third kappa shape index (κ3) is 1.67. The Morgan fingerprint density at radius 2 is 1.81 bits per heavy atom. The lowest BCUT2D eigenvalue weighted by Gasteiger charge is -2.09. The van der Waals surface area contributed by atoms with Gasteiger partial charge in [-0.05, 0) is 17.7 Å². The first-order valence-electron chi connectivity index (χ1n) is 4.44. The van der Waals surface area contributed by atoms with Crippen LogP contribution in [0.4, 0.5) is 8.78 Å². The smallest absolute Gasteiger partial charge is 0.245 e. The average Bonchev–Trinajstić information content (AvgIpc) is 2.47. The van der Waals surface area contributed by atoms with Crippen molar-refractivity contribution >= 4 is 23.4 Å². The molecule has 0 bridgehead atoms. The van der Waals surface area contributed by atoms with Gasteiger partial charge in [0.1, 0.15) is 5.38 Å². The minimum atomic E-state index is -1.09. The van der Waals surface area contributed by atoms with Gasteiger partial charge < -0.3 is 0 Å². The molecule has 1 fully saturated rings. The second kappa shape index (κ2) is 3.83. The van der Waals surface area contributed by atoms with Crippen molar-refractivity contribution < 1.29 is 18.4 Å². The average molecular weight is 246 g/mol. The summed E-state index contributed by atoms with van der Waals surface area (Å²) >= 11 is 5.70. The Morgan fingerprint density at radius 1 is 1.12 bits per heavy atom. The van der Waals surface area contributed by atoms with Crippen molar-refractivity contribution in [3.05, 3.63) is 35.4 Å². The fourth-order valence-corrected chi connectivity index (χ4v) is 1.89. The van der Waals surface area contributed by atoms with Gasteiger partial charge in [0.15, 0.2) is 11.6 Å². The monoisotopic (exact) mass is 245 g/mol. The number of rotatable bonds is 1. The van der Waals surface area contributed by atoms with E-state index in [4.69, 9.17) is 11.6 Å². The molecule has 0 radical (unpaired) electrons. The molecule has 16 heavy (non-hydrogen) atoms. The first kappa shape index (κ1) is 11.0. The minimum absolute atomic E-state index is 0.183. The zero-order valence-corrected chi connectivity index (χ0v) is 8.59. The quantitative estimate of drug-likeness (QED) is 0.599. The molecule has 1 aliphatic rings. The second-order valence-corrected chi connectivity index (χ2v) is 3.88. The molecule has 2 amide bonds. The molecule has 0 spiro atoms. The Labute approximate surface area is 94.4 Å². The summed E-state index contributed by atoms with van der Waals surface area (Å²) in [4.78, 5) is 22.4. The highest BCUT2D eigenvalue weighted by atomic mass is 35.5. The van der Waals surface area contributed by atoms with Gasteiger partial charge in [0.05, 0.1) is 5.92 Å². The Bertz CT molecular complexity index is 478. The molecule has 0 aliphatic carbocycles. The third-order valence-electron chi connectivity index (χ3n) is 2.37. The van der Waals surface area contributed by atoms with Crippen molar-refractivity contribution in [3.8, 4) is 0 Å². The summed E-state index contributed by atoms with van der Waals surface area (Å²) in [6, 6.07) is 2.99. The zero-order valence-electron chi connectivity index (χ0n) is 7.84. The Morgan fingerprint density at radius 3 is 2.31 bits per heavy atom. The van der Waals surface area contributed by atoms with Crippen LogP contribution in [0.15, 0.2) is 18.2 Å². The van der Waals surface area contributed by atoms with Gasteiger partial charge in [-0.1, -0.05) is 6.07 Å². The predicted octanol–water partition coefficient (Wildman–Crippen LogP) is 1.31. The molecule has 1 aromatic rings. The topological polar surface area (TPSA) is 46.2 Å². The lowest BCUT2D eigenvalue weighted by molar-refractivity contribution is -0.125. The van der Waals surface area contributed by atoms with Crippen LogP contribution in [0.25, 0.3) is 0 Å². The van der Waals surface area contributed by atoms with Gasteiger partial charge in [0.25, 0.3) is 0 Å². The SMILES string of the molecule is O=C1NC(=O)C(c2ccc(F)c(F)c2)C1Cl. The largest absolute Gasteiger partial charge is 0.295 e. The van der Waals surface area contributed by atoms with Crippen LogP contribution in [0.3, 0.4) is 0 Å². The molecule has 3 nitrogen and oxygen atoms in total. The van der Waals surface area contributed by atoms with Crippen molar-refractivity contribution in [2.24, 2.45) is 0 Å². The van der Waals surface area contributed by atoms with Crippen LogP contribution >= 0.6 is 11.6 Å². The number of benzene rings is 1.